The normalized spacial score (nSPS) is 14.4. The van der Waals surface area contributed by atoms with Crippen LogP contribution in [0.1, 0.15) is 24.2 Å². The van der Waals surface area contributed by atoms with Gasteiger partial charge in [0.05, 0.1) is 22.4 Å². The molecule has 1 aliphatic carbocycles. The van der Waals surface area contributed by atoms with Crippen LogP contribution in [0.5, 0.6) is 0 Å². The zero-order valence-electron chi connectivity index (χ0n) is 11.0. The summed E-state index contributed by atoms with van der Waals surface area (Å²) in [5, 5.41) is 5.71. The lowest BCUT2D eigenvalue weighted by atomic mass is 10.2. The molecule has 3 rings (SSSR count). The first-order chi connectivity index (χ1) is 9.11. The van der Waals surface area contributed by atoms with Crippen LogP contribution in [0.3, 0.4) is 0 Å². The molecule has 2 amide bonds. The van der Waals surface area contributed by atoms with Crippen LogP contribution in [0, 0.1) is 13.8 Å². The minimum Gasteiger partial charge on any atom is -0.335 e. The molecule has 0 saturated heterocycles. The van der Waals surface area contributed by atoms with Crippen molar-refractivity contribution in [3.63, 3.8) is 0 Å². The van der Waals surface area contributed by atoms with Crippen LogP contribution in [-0.2, 0) is 0 Å². The quantitative estimate of drug-likeness (QED) is 0.867. The molecule has 1 aliphatic rings. The van der Waals surface area contributed by atoms with Crippen LogP contribution in [0.25, 0.3) is 11.0 Å². The number of amides is 2. The fourth-order valence-corrected chi connectivity index (χ4v) is 1.89. The first kappa shape index (κ1) is 11.9. The van der Waals surface area contributed by atoms with E-state index in [1.807, 2.05) is 32.0 Å². The average molecular weight is 256 g/mol. The number of rotatable bonds is 2. The molecule has 0 unspecified atom stereocenters. The van der Waals surface area contributed by atoms with E-state index in [0.29, 0.717) is 6.04 Å². The van der Waals surface area contributed by atoms with E-state index < -0.39 is 0 Å². The zero-order valence-corrected chi connectivity index (χ0v) is 11.0. The Labute approximate surface area is 111 Å². The van der Waals surface area contributed by atoms with Gasteiger partial charge in [-0.1, -0.05) is 0 Å². The highest BCUT2D eigenvalue weighted by atomic mass is 16.2. The van der Waals surface area contributed by atoms with E-state index in [1.165, 1.54) is 0 Å². The van der Waals surface area contributed by atoms with Crippen molar-refractivity contribution in [2.24, 2.45) is 0 Å². The van der Waals surface area contributed by atoms with Gasteiger partial charge >= 0.3 is 6.03 Å². The number of aryl methyl sites for hydroxylation is 2. The predicted octanol–water partition coefficient (Wildman–Crippen LogP) is 2.53. The Hall–Kier alpha value is -2.17. The number of hydrogen-bond donors (Lipinski definition) is 2. The topological polar surface area (TPSA) is 66.9 Å². The number of nitrogens with one attached hydrogen (secondary N) is 2. The van der Waals surface area contributed by atoms with Crippen molar-refractivity contribution in [1.29, 1.82) is 0 Å². The van der Waals surface area contributed by atoms with Gasteiger partial charge in [-0.15, -0.1) is 0 Å². The Morgan fingerprint density at radius 1 is 1.16 bits per heavy atom. The first-order valence-electron chi connectivity index (χ1n) is 6.44. The SMILES string of the molecule is Cc1nc2ccc(NC(=O)NC3CC3)cc2nc1C. The molecule has 0 spiro atoms. The zero-order chi connectivity index (χ0) is 13.4. The molecular formula is C14H16N4O. The maximum atomic E-state index is 11.7. The van der Waals surface area contributed by atoms with E-state index in [1.54, 1.807) is 0 Å². The molecule has 1 heterocycles. The third-order valence-electron chi connectivity index (χ3n) is 3.25. The molecule has 98 valence electrons. The molecule has 2 N–H and O–H groups in total. The van der Waals surface area contributed by atoms with Crippen LogP contribution in [0.4, 0.5) is 10.5 Å². The Morgan fingerprint density at radius 3 is 2.53 bits per heavy atom. The number of fused-ring (bicyclic) bond motifs is 1. The molecule has 1 aromatic heterocycles. The van der Waals surface area contributed by atoms with Crippen LogP contribution < -0.4 is 10.6 Å². The Kier molecular flexibility index (Phi) is 2.81. The van der Waals surface area contributed by atoms with Gasteiger partial charge in [0.1, 0.15) is 0 Å². The van der Waals surface area contributed by atoms with Gasteiger partial charge < -0.3 is 10.6 Å². The van der Waals surface area contributed by atoms with Gasteiger partial charge in [-0.2, -0.15) is 0 Å². The van der Waals surface area contributed by atoms with Crippen LogP contribution >= 0.6 is 0 Å². The number of nitrogens with zero attached hydrogens (tertiary/aromatic N) is 2. The molecule has 5 nitrogen and oxygen atoms in total. The van der Waals surface area contributed by atoms with Crippen molar-refractivity contribution in [3.05, 3.63) is 29.6 Å². The number of hydrogen-bond acceptors (Lipinski definition) is 3. The molecule has 2 aromatic rings. The highest BCUT2D eigenvalue weighted by molar-refractivity contribution is 5.92. The summed E-state index contributed by atoms with van der Waals surface area (Å²) in [5.41, 5.74) is 4.22. The number of carbonyl (C=O) groups is 1. The lowest BCUT2D eigenvalue weighted by Crippen LogP contribution is -2.30. The van der Waals surface area contributed by atoms with Crippen molar-refractivity contribution >= 4 is 22.8 Å². The maximum Gasteiger partial charge on any atom is 0.319 e. The van der Waals surface area contributed by atoms with Crippen LogP contribution in [-0.4, -0.2) is 22.0 Å². The number of benzene rings is 1. The monoisotopic (exact) mass is 256 g/mol. The molecular weight excluding hydrogens is 240 g/mol. The summed E-state index contributed by atoms with van der Waals surface area (Å²) < 4.78 is 0. The van der Waals surface area contributed by atoms with Crippen molar-refractivity contribution < 1.29 is 4.79 Å². The van der Waals surface area contributed by atoms with Crippen LogP contribution in [0.2, 0.25) is 0 Å². The molecule has 5 heteroatoms. The highest BCUT2D eigenvalue weighted by Gasteiger charge is 2.23. The van der Waals surface area contributed by atoms with Gasteiger partial charge in [0.15, 0.2) is 0 Å². The van der Waals surface area contributed by atoms with Gasteiger partial charge in [0, 0.05) is 11.7 Å². The lowest BCUT2D eigenvalue weighted by molar-refractivity contribution is 0.251. The number of carbonyl (C=O) groups excluding carboxylic acids is 1. The van der Waals surface area contributed by atoms with E-state index in [4.69, 9.17) is 0 Å². The van der Waals surface area contributed by atoms with Crippen molar-refractivity contribution in [2.75, 3.05) is 5.32 Å². The Bertz CT molecular complexity index is 649. The summed E-state index contributed by atoms with van der Waals surface area (Å²) in [6.45, 7) is 3.87. The summed E-state index contributed by atoms with van der Waals surface area (Å²) in [6, 6.07) is 5.77. The summed E-state index contributed by atoms with van der Waals surface area (Å²) in [6.07, 6.45) is 2.16. The second kappa shape index (κ2) is 4.50. The highest BCUT2D eigenvalue weighted by Crippen LogP contribution is 2.20. The fourth-order valence-electron chi connectivity index (χ4n) is 1.89. The third-order valence-corrected chi connectivity index (χ3v) is 3.25. The number of anilines is 1. The van der Waals surface area contributed by atoms with E-state index in [-0.39, 0.29) is 6.03 Å². The molecule has 1 saturated carbocycles. The Balaban J connectivity index is 1.83. The minimum atomic E-state index is -0.154. The molecule has 1 aromatic carbocycles. The van der Waals surface area contributed by atoms with E-state index in [9.17, 15) is 4.79 Å². The van der Waals surface area contributed by atoms with Gasteiger partial charge in [0.2, 0.25) is 0 Å². The average Bonchev–Trinajstić information content (AvgIpc) is 3.15. The van der Waals surface area contributed by atoms with E-state index >= 15 is 0 Å². The largest absolute Gasteiger partial charge is 0.335 e. The van der Waals surface area contributed by atoms with E-state index in [0.717, 1.165) is 41.0 Å². The summed E-state index contributed by atoms with van der Waals surface area (Å²) in [7, 11) is 0. The molecule has 0 aliphatic heterocycles. The molecule has 1 fully saturated rings. The van der Waals surface area contributed by atoms with E-state index in [2.05, 4.69) is 20.6 Å². The van der Waals surface area contributed by atoms with Crippen molar-refractivity contribution in [2.45, 2.75) is 32.7 Å². The first-order valence-corrected chi connectivity index (χ1v) is 6.44. The number of aromatic nitrogens is 2. The molecule has 0 atom stereocenters. The predicted molar refractivity (Wildman–Crippen MR) is 74.2 cm³/mol. The summed E-state index contributed by atoms with van der Waals surface area (Å²) in [5.74, 6) is 0. The fraction of sp³-hybridized carbons (Fsp3) is 0.357. The van der Waals surface area contributed by atoms with Crippen molar-refractivity contribution in [1.82, 2.24) is 15.3 Å². The Morgan fingerprint density at radius 2 is 1.84 bits per heavy atom. The molecule has 0 radical (unpaired) electrons. The molecule has 19 heavy (non-hydrogen) atoms. The molecule has 0 bridgehead atoms. The van der Waals surface area contributed by atoms with Crippen LogP contribution in [0.15, 0.2) is 18.2 Å². The maximum absolute atomic E-state index is 11.7. The van der Waals surface area contributed by atoms with Gasteiger partial charge in [-0.3, -0.25) is 0 Å². The van der Waals surface area contributed by atoms with Gasteiger partial charge in [0.25, 0.3) is 0 Å². The number of urea groups is 1. The standard InChI is InChI=1S/C14H16N4O/c1-8-9(2)16-13-7-11(5-6-12(13)15-8)18-14(19)17-10-3-4-10/h5-7,10H,3-4H2,1-2H3,(H2,17,18,19). The van der Waals surface area contributed by atoms with Gasteiger partial charge in [-0.25, -0.2) is 14.8 Å². The smallest absolute Gasteiger partial charge is 0.319 e. The second-order valence-electron chi connectivity index (χ2n) is 4.97. The minimum absolute atomic E-state index is 0.154. The summed E-state index contributed by atoms with van der Waals surface area (Å²) in [4.78, 5) is 20.6. The third kappa shape index (κ3) is 2.65. The second-order valence-corrected chi connectivity index (χ2v) is 4.97. The van der Waals surface area contributed by atoms with Gasteiger partial charge in [-0.05, 0) is 44.9 Å². The lowest BCUT2D eigenvalue weighted by Gasteiger charge is -2.08. The van der Waals surface area contributed by atoms with Crippen molar-refractivity contribution in [3.8, 4) is 0 Å². The summed E-state index contributed by atoms with van der Waals surface area (Å²) >= 11 is 0.